The summed E-state index contributed by atoms with van der Waals surface area (Å²) in [5.74, 6) is 0.730. The third-order valence-electron chi connectivity index (χ3n) is 6.57. The summed E-state index contributed by atoms with van der Waals surface area (Å²) in [6, 6.07) is 0. The first-order valence-electron chi connectivity index (χ1n) is 13.4. The average molecular weight is 437 g/mol. The van der Waals surface area contributed by atoms with Crippen molar-refractivity contribution in [3.05, 3.63) is 11.3 Å². The number of cyclic esters (lactones) is 1. The summed E-state index contributed by atoms with van der Waals surface area (Å²) in [6.07, 6.45) is 23.7. The van der Waals surface area contributed by atoms with Crippen LogP contribution in [0.15, 0.2) is 11.3 Å². The van der Waals surface area contributed by atoms with Crippen LogP contribution in [0.1, 0.15) is 136 Å². The first-order chi connectivity index (χ1) is 15.2. The molecular formula is C27H48O4. The average Bonchev–Trinajstić information content (AvgIpc) is 2.76. The lowest BCUT2D eigenvalue weighted by molar-refractivity contribution is -0.186. The Hall–Kier alpha value is -0.870. The fraction of sp³-hybridized carbons (Fsp3) is 0.889. The molecule has 0 aromatic heterocycles. The molecule has 0 radical (unpaired) electrons. The maximum absolute atomic E-state index is 11.8. The Morgan fingerprint density at radius 2 is 1.45 bits per heavy atom. The van der Waals surface area contributed by atoms with Crippen molar-refractivity contribution in [1.29, 1.82) is 0 Å². The van der Waals surface area contributed by atoms with E-state index in [-0.39, 0.29) is 18.4 Å². The molecule has 2 heterocycles. The molecule has 0 aromatic rings. The van der Waals surface area contributed by atoms with E-state index in [2.05, 4.69) is 6.92 Å². The largest absolute Gasteiger partial charge is 0.427 e. The lowest BCUT2D eigenvalue weighted by atomic mass is 9.99. The van der Waals surface area contributed by atoms with Crippen molar-refractivity contribution in [3.63, 3.8) is 0 Å². The predicted molar refractivity (Wildman–Crippen MR) is 127 cm³/mol. The van der Waals surface area contributed by atoms with Gasteiger partial charge in [0.2, 0.25) is 0 Å². The third-order valence-corrected chi connectivity index (χ3v) is 6.57. The third kappa shape index (κ3) is 11.5. The van der Waals surface area contributed by atoms with Gasteiger partial charge in [-0.3, -0.25) is 0 Å². The smallest absolute Gasteiger partial charge is 0.342 e. The molecule has 0 saturated carbocycles. The van der Waals surface area contributed by atoms with Gasteiger partial charge in [0.25, 0.3) is 0 Å². The van der Waals surface area contributed by atoms with E-state index >= 15 is 0 Å². The molecule has 4 heteroatoms. The Labute approximate surface area is 191 Å². The van der Waals surface area contributed by atoms with E-state index in [1.54, 1.807) is 0 Å². The van der Waals surface area contributed by atoms with Crippen LogP contribution in [0, 0.1) is 0 Å². The molecule has 2 atom stereocenters. The molecular weight excluding hydrogens is 388 g/mol. The lowest BCUT2D eigenvalue weighted by Gasteiger charge is -2.29. The zero-order valence-corrected chi connectivity index (χ0v) is 20.4. The first-order valence-corrected chi connectivity index (χ1v) is 13.4. The molecule has 2 aliphatic rings. The van der Waals surface area contributed by atoms with Crippen LogP contribution in [0.5, 0.6) is 0 Å². The van der Waals surface area contributed by atoms with E-state index in [0.29, 0.717) is 6.42 Å². The van der Waals surface area contributed by atoms with Crippen LogP contribution in [0.2, 0.25) is 0 Å². The Kier molecular flexibility index (Phi) is 14.2. The monoisotopic (exact) mass is 436 g/mol. The van der Waals surface area contributed by atoms with Gasteiger partial charge in [-0.25, -0.2) is 4.79 Å². The summed E-state index contributed by atoms with van der Waals surface area (Å²) in [5.41, 5.74) is 0.902. The van der Waals surface area contributed by atoms with Gasteiger partial charge in [-0.05, 0) is 39.0 Å². The molecule has 0 amide bonds. The highest BCUT2D eigenvalue weighted by molar-refractivity contribution is 5.95. The SMILES string of the molecule is CCCCCCCCCCCCCCCCC1=C(CC(C)OC2CCCCO2)OC1=O. The van der Waals surface area contributed by atoms with Crippen molar-refractivity contribution in [2.45, 2.75) is 148 Å². The summed E-state index contributed by atoms with van der Waals surface area (Å²) in [6.45, 7) is 5.11. The predicted octanol–water partition coefficient (Wildman–Crippen LogP) is 7.99. The summed E-state index contributed by atoms with van der Waals surface area (Å²) >= 11 is 0. The Bertz CT molecular complexity index is 507. The van der Waals surface area contributed by atoms with Crippen LogP contribution >= 0.6 is 0 Å². The number of ether oxygens (including phenoxy) is 3. The van der Waals surface area contributed by atoms with Gasteiger partial charge < -0.3 is 14.2 Å². The van der Waals surface area contributed by atoms with Crippen molar-refractivity contribution < 1.29 is 19.0 Å². The molecule has 2 aliphatic heterocycles. The molecule has 0 aromatic carbocycles. The van der Waals surface area contributed by atoms with E-state index < -0.39 is 0 Å². The van der Waals surface area contributed by atoms with Gasteiger partial charge in [-0.2, -0.15) is 0 Å². The number of hydrogen-bond donors (Lipinski definition) is 0. The minimum absolute atomic E-state index is 0.0255. The molecule has 2 rings (SSSR count). The van der Waals surface area contributed by atoms with Gasteiger partial charge >= 0.3 is 5.97 Å². The van der Waals surface area contributed by atoms with Crippen LogP contribution in [-0.4, -0.2) is 25.0 Å². The molecule has 0 spiro atoms. The van der Waals surface area contributed by atoms with Crippen molar-refractivity contribution in [1.82, 2.24) is 0 Å². The molecule has 4 nitrogen and oxygen atoms in total. The normalized spacial score (nSPS) is 19.9. The van der Waals surface area contributed by atoms with Crippen molar-refractivity contribution in [3.8, 4) is 0 Å². The molecule has 0 bridgehead atoms. The van der Waals surface area contributed by atoms with Crippen molar-refractivity contribution in [2.75, 3.05) is 6.61 Å². The van der Waals surface area contributed by atoms with Crippen molar-refractivity contribution >= 4 is 5.97 Å². The number of hydrogen-bond acceptors (Lipinski definition) is 4. The molecule has 180 valence electrons. The van der Waals surface area contributed by atoms with Crippen LogP contribution in [0.4, 0.5) is 0 Å². The number of esters is 1. The van der Waals surface area contributed by atoms with Crippen LogP contribution in [0.3, 0.4) is 0 Å². The number of carbonyl (C=O) groups excluding carboxylic acids is 1. The van der Waals surface area contributed by atoms with Gasteiger partial charge in [0.15, 0.2) is 6.29 Å². The highest BCUT2D eigenvalue weighted by atomic mass is 16.7. The Balaban J connectivity index is 1.43. The maximum Gasteiger partial charge on any atom is 0.342 e. The van der Waals surface area contributed by atoms with E-state index in [1.807, 2.05) is 6.92 Å². The topological polar surface area (TPSA) is 44.8 Å². The second-order valence-corrected chi connectivity index (χ2v) is 9.58. The van der Waals surface area contributed by atoms with Crippen LogP contribution < -0.4 is 0 Å². The van der Waals surface area contributed by atoms with Gasteiger partial charge in [-0.1, -0.05) is 90.4 Å². The molecule has 1 saturated heterocycles. The van der Waals surface area contributed by atoms with Crippen LogP contribution in [0.25, 0.3) is 0 Å². The summed E-state index contributed by atoms with van der Waals surface area (Å²) < 4.78 is 16.9. The molecule has 31 heavy (non-hydrogen) atoms. The van der Waals surface area contributed by atoms with Gasteiger partial charge in [0.1, 0.15) is 5.76 Å². The molecule has 2 unspecified atom stereocenters. The summed E-state index contributed by atoms with van der Waals surface area (Å²) in [5, 5.41) is 0. The van der Waals surface area contributed by atoms with E-state index in [0.717, 1.165) is 43.6 Å². The molecule has 0 N–H and O–H groups in total. The number of unbranched alkanes of at least 4 members (excludes halogenated alkanes) is 13. The fourth-order valence-electron chi connectivity index (χ4n) is 4.59. The highest BCUT2D eigenvalue weighted by Crippen LogP contribution is 2.30. The van der Waals surface area contributed by atoms with Gasteiger partial charge in [0, 0.05) is 13.0 Å². The minimum Gasteiger partial charge on any atom is -0.427 e. The fourth-order valence-corrected chi connectivity index (χ4v) is 4.59. The Morgan fingerprint density at radius 3 is 1.97 bits per heavy atom. The second kappa shape index (κ2) is 16.7. The Morgan fingerprint density at radius 1 is 0.871 bits per heavy atom. The molecule has 1 fully saturated rings. The highest BCUT2D eigenvalue weighted by Gasteiger charge is 2.31. The number of rotatable bonds is 19. The standard InChI is InChI=1S/C27H48O4/c1-3-4-5-6-7-8-9-10-11-12-13-14-15-16-19-24-25(31-27(24)28)22-23(2)30-26-20-17-18-21-29-26/h23,26H,3-22H2,1-2H3. The first kappa shape index (κ1) is 26.4. The van der Waals surface area contributed by atoms with Gasteiger partial charge in [-0.15, -0.1) is 0 Å². The zero-order valence-electron chi connectivity index (χ0n) is 20.4. The van der Waals surface area contributed by atoms with E-state index in [4.69, 9.17) is 14.2 Å². The molecule has 0 aliphatic carbocycles. The summed E-state index contributed by atoms with van der Waals surface area (Å²) in [4.78, 5) is 11.8. The summed E-state index contributed by atoms with van der Waals surface area (Å²) in [7, 11) is 0. The minimum atomic E-state index is -0.120. The maximum atomic E-state index is 11.8. The number of carbonyl (C=O) groups is 1. The van der Waals surface area contributed by atoms with Crippen LogP contribution in [-0.2, 0) is 19.0 Å². The van der Waals surface area contributed by atoms with Crippen molar-refractivity contribution in [2.24, 2.45) is 0 Å². The zero-order chi connectivity index (χ0) is 22.2. The van der Waals surface area contributed by atoms with E-state index in [9.17, 15) is 4.79 Å². The second-order valence-electron chi connectivity index (χ2n) is 9.58. The van der Waals surface area contributed by atoms with Gasteiger partial charge in [0.05, 0.1) is 11.7 Å². The quantitative estimate of drug-likeness (QED) is 0.152. The lowest BCUT2D eigenvalue weighted by Crippen LogP contribution is -2.29. The van der Waals surface area contributed by atoms with E-state index in [1.165, 1.54) is 89.9 Å².